The second-order valence-corrected chi connectivity index (χ2v) is 12.2. The number of hydrogen-bond acceptors (Lipinski definition) is 13. The first-order chi connectivity index (χ1) is 18.8. The predicted octanol–water partition coefficient (Wildman–Crippen LogP) is 1.30. The van der Waals surface area contributed by atoms with Gasteiger partial charge in [-0.2, -0.15) is 9.36 Å². The summed E-state index contributed by atoms with van der Waals surface area (Å²) in [5, 5.41) is 17.8. The molecule has 5 heterocycles. The second kappa shape index (κ2) is 11.3. The SMILES string of the molecule is CCO/N=C(/C(=O)N[C@H]1C(=O)N2C(C(=O)O)=C(Sc3nc(-c4cc[n+](C)cc4)cs3)CS[C@H]12)c1nsc(N)n1. The van der Waals surface area contributed by atoms with E-state index in [2.05, 4.69) is 24.8 Å². The minimum absolute atomic E-state index is 0.0274. The van der Waals surface area contributed by atoms with Crippen LogP contribution in [0.2, 0.25) is 0 Å². The van der Waals surface area contributed by atoms with Crippen LogP contribution in [0.15, 0.2) is 50.0 Å². The maximum Gasteiger partial charge on any atom is 0.353 e. The van der Waals surface area contributed by atoms with E-state index in [9.17, 15) is 19.5 Å². The summed E-state index contributed by atoms with van der Waals surface area (Å²) in [6, 6.07) is 2.94. The van der Waals surface area contributed by atoms with Gasteiger partial charge >= 0.3 is 5.97 Å². The van der Waals surface area contributed by atoms with Crippen molar-refractivity contribution in [3.63, 3.8) is 0 Å². The van der Waals surface area contributed by atoms with Crippen LogP contribution in [0.5, 0.6) is 0 Å². The van der Waals surface area contributed by atoms with Crippen molar-refractivity contribution in [1.82, 2.24) is 24.6 Å². The first-order valence-corrected chi connectivity index (χ1v) is 14.9. The molecule has 202 valence electrons. The lowest BCUT2D eigenvalue weighted by Crippen LogP contribution is -2.71. The number of pyridine rings is 1. The van der Waals surface area contributed by atoms with Crippen LogP contribution in [0.3, 0.4) is 0 Å². The number of nitrogen functional groups attached to an aromatic ring is 1. The number of thioether (sulfide) groups is 2. The van der Waals surface area contributed by atoms with E-state index in [1.54, 1.807) is 6.92 Å². The van der Waals surface area contributed by atoms with Crippen molar-refractivity contribution in [1.29, 1.82) is 0 Å². The smallest absolute Gasteiger partial charge is 0.353 e. The van der Waals surface area contributed by atoms with Crippen LogP contribution in [-0.2, 0) is 26.3 Å². The number of thiazole rings is 1. The lowest BCUT2D eigenvalue weighted by atomic mass is 10.0. The first kappa shape index (κ1) is 27.0. The number of carboxylic acids is 1. The van der Waals surface area contributed by atoms with E-state index in [0.717, 1.165) is 22.8 Å². The van der Waals surface area contributed by atoms with E-state index in [4.69, 9.17) is 10.6 Å². The summed E-state index contributed by atoms with van der Waals surface area (Å²) < 4.78 is 6.57. The maximum atomic E-state index is 13.1. The molecule has 0 spiro atoms. The number of hydrogen-bond donors (Lipinski definition) is 3. The summed E-state index contributed by atoms with van der Waals surface area (Å²) >= 11 is 4.86. The number of carbonyl (C=O) groups is 3. The molecule has 5 rings (SSSR count). The third-order valence-corrected chi connectivity index (χ3v) is 9.57. The molecule has 2 aliphatic heterocycles. The van der Waals surface area contributed by atoms with E-state index in [1.165, 1.54) is 39.8 Å². The van der Waals surface area contributed by atoms with Crippen molar-refractivity contribution >= 4 is 75.0 Å². The van der Waals surface area contributed by atoms with E-state index in [0.29, 0.717) is 15.0 Å². The Morgan fingerprint density at radius 3 is 2.79 bits per heavy atom. The highest BCUT2D eigenvalue weighted by atomic mass is 32.2. The van der Waals surface area contributed by atoms with Crippen LogP contribution in [-0.4, -0.2) is 71.6 Å². The van der Waals surface area contributed by atoms with Gasteiger partial charge in [0.1, 0.15) is 30.8 Å². The Morgan fingerprint density at radius 2 is 2.13 bits per heavy atom. The molecule has 4 N–H and O–H groups in total. The highest BCUT2D eigenvalue weighted by molar-refractivity contribution is 8.07. The van der Waals surface area contributed by atoms with Gasteiger partial charge in [-0.05, 0) is 6.92 Å². The van der Waals surface area contributed by atoms with Crippen molar-refractivity contribution in [3.05, 3.63) is 46.3 Å². The molecule has 0 aliphatic carbocycles. The average Bonchev–Trinajstić information content (AvgIpc) is 3.56. The number of nitrogens with one attached hydrogen (secondary N) is 1. The number of amides is 2. The van der Waals surface area contributed by atoms with Gasteiger partial charge in [0.2, 0.25) is 11.5 Å². The van der Waals surface area contributed by atoms with E-state index < -0.39 is 29.2 Å². The van der Waals surface area contributed by atoms with Gasteiger partial charge in [0.15, 0.2) is 21.9 Å². The number of oxime groups is 1. The zero-order valence-corrected chi connectivity index (χ0v) is 23.7. The highest BCUT2D eigenvalue weighted by Crippen LogP contribution is 2.46. The van der Waals surface area contributed by atoms with Crippen molar-refractivity contribution in [3.8, 4) is 11.3 Å². The molecular weight excluding hydrogens is 585 g/mol. The fraction of sp³-hybridized carbons (Fsp3) is 0.273. The first-order valence-electron chi connectivity index (χ1n) is 11.4. The number of nitrogens with two attached hydrogens (primary N) is 1. The number of nitrogens with zero attached hydrogens (tertiary/aromatic N) is 6. The predicted molar refractivity (Wildman–Crippen MR) is 147 cm³/mol. The summed E-state index contributed by atoms with van der Waals surface area (Å²) in [5.41, 5.74) is 7.02. The van der Waals surface area contributed by atoms with E-state index in [-0.39, 0.29) is 29.0 Å². The topological polar surface area (TPSA) is 177 Å². The molecule has 1 fully saturated rings. The van der Waals surface area contributed by atoms with Crippen LogP contribution < -0.4 is 15.6 Å². The summed E-state index contributed by atoms with van der Waals surface area (Å²) in [5.74, 6) is -2.21. The Morgan fingerprint density at radius 1 is 1.36 bits per heavy atom. The maximum absolute atomic E-state index is 13.1. The Bertz CT molecular complexity index is 1500. The number of aryl methyl sites for hydroxylation is 1. The number of rotatable bonds is 9. The largest absolute Gasteiger partial charge is 0.477 e. The summed E-state index contributed by atoms with van der Waals surface area (Å²) in [7, 11) is 1.93. The molecule has 3 aromatic heterocycles. The van der Waals surface area contributed by atoms with Gasteiger partial charge in [-0.15, -0.1) is 23.1 Å². The Kier molecular flexibility index (Phi) is 7.83. The Labute approximate surface area is 238 Å². The van der Waals surface area contributed by atoms with Crippen molar-refractivity contribution in [2.45, 2.75) is 22.7 Å². The number of carboxylic acid groups (broad SMARTS) is 1. The van der Waals surface area contributed by atoms with Crippen LogP contribution in [0, 0.1) is 0 Å². The molecule has 1 saturated heterocycles. The van der Waals surface area contributed by atoms with Crippen LogP contribution in [0.25, 0.3) is 11.3 Å². The zero-order valence-electron chi connectivity index (χ0n) is 20.4. The molecule has 0 unspecified atom stereocenters. The van der Waals surface area contributed by atoms with Gasteiger partial charge in [-0.3, -0.25) is 14.5 Å². The van der Waals surface area contributed by atoms with Crippen molar-refractivity contribution in [2.24, 2.45) is 12.2 Å². The van der Waals surface area contributed by atoms with Gasteiger partial charge in [0.05, 0.1) is 5.69 Å². The van der Waals surface area contributed by atoms with Crippen LogP contribution >= 0.6 is 46.4 Å². The van der Waals surface area contributed by atoms with Gasteiger partial charge in [-0.1, -0.05) is 16.9 Å². The molecule has 2 atom stereocenters. The standard InChI is InChI=1S/C22H20N8O5S4/c1-3-35-27-13(16-26-21(23)39-28-16)17(31)25-14-18(32)30-15(20(33)34)12(9-36-19(14)30)38-22-24-11(8-37-22)10-4-6-29(2)7-5-10/h4-8,14,19H,3,9H2,1-2H3,(H3-,23,25,26,28,31,33,34)/p+1/b27-13+/t14-,19+/m0/s1. The normalized spacial score (nSPS) is 19.0. The Hall–Kier alpha value is -3.54. The minimum atomic E-state index is -1.23. The molecule has 3 aromatic rings. The average molecular weight is 606 g/mol. The summed E-state index contributed by atoms with van der Waals surface area (Å²) in [6.07, 6.45) is 3.84. The number of anilines is 1. The third-order valence-electron chi connectivity index (χ3n) is 5.54. The van der Waals surface area contributed by atoms with Crippen LogP contribution in [0.4, 0.5) is 5.13 Å². The summed E-state index contributed by atoms with van der Waals surface area (Å²) in [6.45, 7) is 1.89. The number of aromatic nitrogens is 4. The van der Waals surface area contributed by atoms with E-state index in [1.807, 2.05) is 41.5 Å². The molecule has 2 aliphatic rings. The fourth-order valence-corrected chi connectivity index (χ4v) is 7.63. The Balaban J connectivity index is 1.32. The van der Waals surface area contributed by atoms with Crippen LogP contribution in [0.1, 0.15) is 12.7 Å². The molecule has 2 amide bonds. The van der Waals surface area contributed by atoms with Crippen molar-refractivity contribution in [2.75, 3.05) is 18.1 Å². The number of fused-ring (bicyclic) bond motifs is 1. The number of β-lactam (4-membered cyclic amide) rings is 1. The number of aliphatic carboxylic acids is 1. The highest BCUT2D eigenvalue weighted by Gasteiger charge is 2.54. The lowest BCUT2D eigenvalue weighted by molar-refractivity contribution is -0.671. The van der Waals surface area contributed by atoms with Gasteiger partial charge in [0, 0.05) is 45.3 Å². The molecule has 0 radical (unpaired) electrons. The zero-order chi connectivity index (χ0) is 27.7. The van der Waals surface area contributed by atoms with Gasteiger partial charge < -0.3 is 21.0 Å². The lowest BCUT2D eigenvalue weighted by Gasteiger charge is -2.49. The molecule has 0 aromatic carbocycles. The molecule has 0 saturated carbocycles. The third kappa shape index (κ3) is 5.47. The molecule has 39 heavy (non-hydrogen) atoms. The molecule has 13 nitrogen and oxygen atoms in total. The fourth-order valence-electron chi connectivity index (χ4n) is 3.74. The van der Waals surface area contributed by atoms with Crippen molar-refractivity contribution < 1.29 is 28.9 Å². The van der Waals surface area contributed by atoms with Gasteiger partial charge in [0.25, 0.3) is 11.8 Å². The monoisotopic (exact) mass is 605 g/mol. The quantitative estimate of drug-likeness (QED) is 0.139. The molecular formula is C22H21N8O5S4+. The molecule has 0 bridgehead atoms. The number of carbonyl (C=O) groups excluding carboxylic acids is 2. The van der Waals surface area contributed by atoms with E-state index >= 15 is 0 Å². The second-order valence-electron chi connectivity index (χ2n) is 8.10. The van der Waals surface area contributed by atoms with Gasteiger partial charge in [-0.25, -0.2) is 14.3 Å². The molecule has 17 heteroatoms. The minimum Gasteiger partial charge on any atom is -0.477 e. The summed E-state index contributed by atoms with van der Waals surface area (Å²) in [4.78, 5) is 53.7.